The first-order chi connectivity index (χ1) is 10.2. The van der Waals surface area contributed by atoms with Crippen LogP contribution in [0.2, 0.25) is 0 Å². The maximum Gasteiger partial charge on any atom is 0.128 e. The van der Waals surface area contributed by atoms with E-state index >= 15 is 0 Å². The quantitative estimate of drug-likeness (QED) is 0.792. The number of hydrogen-bond acceptors (Lipinski definition) is 3. The van der Waals surface area contributed by atoms with Crippen LogP contribution in [0.5, 0.6) is 0 Å². The van der Waals surface area contributed by atoms with Gasteiger partial charge in [-0.2, -0.15) is 0 Å². The second kappa shape index (κ2) is 7.74. The summed E-state index contributed by atoms with van der Waals surface area (Å²) in [7, 11) is 1.93. The zero-order valence-corrected chi connectivity index (χ0v) is 12.6. The lowest BCUT2D eigenvalue weighted by Gasteiger charge is -2.19. The largest absolute Gasteiger partial charge is 0.355 e. The number of nitrogens with one attached hydrogen (secondary N) is 1. The highest BCUT2D eigenvalue weighted by Gasteiger charge is 2.07. The molecule has 2 aromatic rings. The molecule has 3 nitrogen and oxygen atoms in total. The molecule has 0 amide bonds. The van der Waals surface area contributed by atoms with Crippen LogP contribution in [0.25, 0.3) is 0 Å². The Morgan fingerprint density at radius 1 is 1.24 bits per heavy atom. The predicted octanol–water partition coefficient (Wildman–Crippen LogP) is 3.36. The zero-order chi connectivity index (χ0) is 15.1. The molecule has 0 aliphatic heterocycles. The van der Waals surface area contributed by atoms with Crippen LogP contribution >= 0.6 is 0 Å². The molecule has 1 heterocycles. The van der Waals surface area contributed by atoms with Crippen molar-refractivity contribution in [3.8, 4) is 0 Å². The number of pyridine rings is 1. The van der Waals surface area contributed by atoms with Gasteiger partial charge in [-0.05, 0) is 36.7 Å². The number of rotatable bonds is 7. The van der Waals surface area contributed by atoms with Gasteiger partial charge in [0.2, 0.25) is 0 Å². The molecule has 4 heteroatoms. The summed E-state index contributed by atoms with van der Waals surface area (Å²) in [5.41, 5.74) is 1.87. The van der Waals surface area contributed by atoms with Crippen molar-refractivity contribution < 1.29 is 4.39 Å². The first-order valence-corrected chi connectivity index (χ1v) is 7.31. The molecule has 0 saturated heterocycles. The van der Waals surface area contributed by atoms with Gasteiger partial charge in [-0.1, -0.05) is 25.1 Å². The summed E-state index contributed by atoms with van der Waals surface area (Å²) >= 11 is 0. The molecule has 0 bridgehead atoms. The van der Waals surface area contributed by atoms with Crippen molar-refractivity contribution in [3.63, 3.8) is 0 Å². The number of halogens is 1. The van der Waals surface area contributed by atoms with Crippen LogP contribution < -0.4 is 10.2 Å². The number of aromatic nitrogens is 1. The Bertz CT molecular complexity index is 571. The van der Waals surface area contributed by atoms with Gasteiger partial charge in [0.1, 0.15) is 11.6 Å². The fourth-order valence-corrected chi connectivity index (χ4v) is 2.15. The molecular weight excluding hydrogens is 265 g/mol. The molecule has 1 aromatic heterocycles. The Labute approximate surface area is 125 Å². The van der Waals surface area contributed by atoms with Gasteiger partial charge in [-0.15, -0.1) is 0 Å². The Balaban J connectivity index is 2.03. The smallest absolute Gasteiger partial charge is 0.128 e. The number of anilines is 1. The van der Waals surface area contributed by atoms with E-state index in [4.69, 9.17) is 0 Å². The van der Waals surface area contributed by atoms with E-state index in [1.165, 1.54) is 11.6 Å². The molecule has 0 spiro atoms. The minimum absolute atomic E-state index is 0.176. The molecule has 0 aliphatic rings. The van der Waals surface area contributed by atoms with Crippen molar-refractivity contribution in [2.24, 2.45) is 0 Å². The second-order valence-electron chi connectivity index (χ2n) is 5.15. The fraction of sp³-hybridized carbons (Fsp3) is 0.353. The second-order valence-corrected chi connectivity index (χ2v) is 5.15. The van der Waals surface area contributed by atoms with Gasteiger partial charge >= 0.3 is 0 Å². The molecular formula is C17H22FN3. The van der Waals surface area contributed by atoms with Gasteiger partial charge in [0, 0.05) is 31.9 Å². The third-order valence-corrected chi connectivity index (χ3v) is 3.32. The van der Waals surface area contributed by atoms with Crippen LogP contribution in [-0.4, -0.2) is 18.6 Å². The van der Waals surface area contributed by atoms with Gasteiger partial charge in [-0.3, -0.25) is 0 Å². The van der Waals surface area contributed by atoms with E-state index < -0.39 is 0 Å². The molecule has 0 saturated carbocycles. The van der Waals surface area contributed by atoms with E-state index in [-0.39, 0.29) is 5.82 Å². The fourth-order valence-electron chi connectivity index (χ4n) is 2.15. The summed E-state index contributed by atoms with van der Waals surface area (Å²) in [6.07, 6.45) is 2.92. The SMILES string of the molecule is CCCNCc1ccnc(N(C)Cc2ccccc2F)c1. The van der Waals surface area contributed by atoms with Crippen LogP contribution in [0.1, 0.15) is 24.5 Å². The molecule has 2 rings (SSSR count). The molecule has 0 atom stereocenters. The first kappa shape index (κ1) is 15.4. The van der Waals surface area contributed by atoms with Crippen molar-refractivity contribution in [3.05, 3.63) is 59.5 Å². The average molecular weight is 287 g/mol. The van der Waals surface area contributed by atoms with E-state index in [1.807, 2.05) is 30.1 Å². The Hall–Kier alpha value is -1.94. The summed E-state index contributed by atoms with van der Waals surface area (Å²) < 4.78 is 13.7. The van der Waals surface area contributed by atoms with Crippen molar-refractivity contribution in [1.82, 2.24) is 10.3 Å². The summed E-state index contributed by atoms with van der Waals surface area (Å²) in [5.74, 6) is 0.680. The molecule has 0 unspecified atom stereocenters. The lowest BCUT2D eigenvalue weighted by Crippen LogP contribution is -2.19. The summed E-state index contributed by atoms with van der Waals surface area (Å²) in [4.78, 5) is 6.33. The maximum atomic E-state index is 13.7. The topological polar surface area (TPSA) is 28.2 Å². The highest BCUT2D eigenvalue weighted by atomic mass is 19.1. The number of benzene rings is 1. The van der Waals surface area contributed by atoms with E-state index in [0.717, 1.165) is 25.3 Å². The van der Waals surface area contributed by atoms with Crippen LogP contribution in [0.3, 0.4) is 0 Å². The van der Waals surface area contributed by atoms with Gasteiger partial charge in [0.15, 0.2) is 0 Å². The van der Waals surface area contributed by atoms with Crippen LogP contribution in [0.4, 0.5) is 10.2 Å². The van der Waals surface area contributed by atoms with Gasteiger partial charge in [-0.25, -0.2) is 9.37 Å². The zero-order valence-electron chi connectivity index (χ0n) is 12.6. The Morgan fingerprint density at radius 3 is 2.81 bits per heavy atom. The molecule has 1 aromatic carbocycles. The molecule has 112 valence electrons. The summed E-state index contributed by atoms with van der Waals surface area (Å²) in [5, 5.41) is 3.37. The summed E-state index contributed by atoms with van der Waals surface area (Å²) in [6, 6.07) is 10.9. The van der Waals surface area contributed by atoms with Crippen LogP contribution in [0.15, 0.2) is 42.6 Å². The minimum Gasteiger partial charge on any atom is -0.355 e. The van der Waals surface area contributed by atoms with E-state index in [0.29, 0.717) is 12.1 Å². The molecule has 1 N–H and O–H groups in total. The molecule has 0 radical (unpaired) electrons. The Morgan fingerprint density at radius 2 is 2.05 bits per heavy atom. The highest BCUT2D eigenvalue weighted by molar-refractivity contribution is 5.41. The highest BCUT2D eigenvalue weighted by Crippen LogP contribution is 2.16. The van der Waals surface area contributed by atoms with Crippen LogP contribution in [0, 0.1) is 5.82 Å². The van der Waals surface area contributed by atoms with Crippen molar-refractivity contribution >= 4 is 5.82 Å². The molecule has 0 fully saturated rings. The van der Waals surface area contributed by atoms with Crippen LogP contribution in [-0.2, 0) is 13.1 Å². The summed E-state index contributed by atoms with van der Waals surface area (Å²) in [6.45, 7) is 4.48. The minimum atomic E-state index is -0.176. The van der Waals surface area contributed by atoms with E-state index in [1.54, 1.807) is 18.3 Å². The van der Waals surface area contributed by atoms with E-state index in [9.17, 15) is 4.39 Å². The van der Waals surface area contributed by atoms with Crippen molar-refractivity contribution in [1.29, 1.82) is 0 Å². The lowest BCUT2D eigenvalue weighted by atomic mass is 10.2. The third-order valence-electron chi connectivity index (χ3n) is 3.32. The van der Waals surface area contributed by atoms with Gasteiger partial charge < -0.3 is 10.2 Å². The first-order valence-electron chi connectivity index (χ1n) is 7.31. The molecule has 21 heavy (non-hydrogen) atoms. The standard InChI is InChI=1S/C17H22FN3/c1-3-9-19-12-14-8-10-20-17(11-14)21(2)13-15-6-4-5-7-16(15)18/h4-8,10-11,19H,3,9,12-13H2,1-2H3. The van der Waals surface area contributed by atoms with Gasteiger partial charge in [0.05, 0.1) is 0 Å². The predicted molar refractivity (Wildman–Crippen MR) is 84.7 cm³/mol. The monoisotopic (exact) mass is 287 g/mol. The molecule has 0 aliphatic carbocycles. The maximum absolute atomic E-state index is 13.7. The van der Waals surface area contributed by atoms with Crippen molar-refractivity contribution in [2.45, 2.75) is 26.4 Å². The van der Waals surface area contributed by atoms with Crippen molar-refractivity contribution in [2.75, 3.05) is 18.5 Å². The third kappa shape index (κ3) is 4.53. The van der Waals surface area contributed by atoms with Gasteiger partial charge in [0.25, 0.3) is 0 Å². The number of nitrogens with zero attached hydrogens (tertiary/aromatic N) is 2. The lowest BCUT2D eigenvalue weighted by molar-refractivity contribution is 0.607. The Kier molecular flexibility index (Phi) is 5.69. The normalized spacial score (nSPS) is 10.6. The number of hydrogen-bond donors (Lipinski definition) is 1. The van der Waals surface area contributed by atoms with E-state index in [2.05, 4.69) is 17.2 Å². The average Bonchev–Trinajstić information content (AvgIpc) is 2.50.